The van der Waals surface area contributed by atoms with Crippen molar-refractivity contribution in [2.45, 2.75) is 72.0 Å². The Bertz CT molecular complexity index is 1810. The summed E-state index contributed by atoms with van der Waals surface area (Å²) < 4.78 is 2.05. The number of carbonyl (C=O) groups excluding carboxylic acids is 3. The Kier molecular flexibility index (Phi) is 9.35. The molecular formula is C40H46N4O3. The van der Waals surface area contributed by atoms with Crippen molar-refractivity contribution in [1.82, 2.24) is 19.3 Å². The van der Waals surface area contributed by atoms with E-state index < -0.39 is 0 Å². The number of unbranched alkanes of at least 4 members (excludes halogenated alkanes) is 1. The first-order valence-corrected chi connectivity index (χ1v) is 16.9. The van der Waals surface area contributed by atoms with Crippen molar-refractivity contribution >= 4 is 17.7 Å². The summed E-state index contributed by atoms with van der Waals surface area (Å²) in [6.45, 7) is 8.57. The van der Waals surface area contributed by atoms with E-state index in [1.54, 1.807) is 4.90 Å². The van der Waals surface area contributed by atoms with E-state index in [4.69, 9.17) is 0 Å². The molecule has 3 amide bonds. The van der Waals surface area contributed by atoms with Gasteiger partial charge in [0.05, 0.1) is 12.0 Å². The van der Waals surface area contributed by atoms with Crippen LogP contribution in [-0.4, -0.2) is 63.2 Å². The molecule has 6 rings (SSSR count). The van der Waals surface area contributed by atoms with Crippen molar-refractivity contribution in [1.29, 1.82) is 0 Å². The van der Waals surface area contributed by atoms with Gasteiger partial charge in [-0.1, -0.05) is 67.9 Å². The molecule has 2 aliphatic rings. The molecular weight excluding hydrogens is 584 g/mol. The van der Waals surface area contributed by atoms with Crippen LogP contribution in [0.5, 0.6) is 0 Å². The fourth-order valence-electron chi connectivity index (χ4n) is 7.08. The first kappa shape index (κ1) is 32.3. The van der Waals surface area contributed by atoms with Crippen molar-refractivity contribution in [3.8, 4) is 11.3 Å². The van der Waals surface area contributed by atoms with Crippen LogP contribution < -0.4 is 0 Å². The highest BCUT2D eigenvalue weighted by Crippen LogP contribution is 2.35. The van der Waals surface area contributed by atoms with Crippen molar-refractivity contribution in [2.24, 2.45) is 7.05 Å². The summed E-state index contributed by atoms with van der Waals surface area (Å²) >= 11 is 0. The number of aromatic nitrogens is 1. The van der Waals surface area contributed by atoms with E-state index in [2.05, 4.69) is 38.1 Å². The van der Waals surface area contributed by atoms with E-state index in [1.165, 1.54) is 11.1 Å². The second kappa shape index (κ2) is 13.6. The van der Waals surface area contributed by atoms with Gasteiger partial charge in [0.25, 0.3) is 11.8 Å². The van der Waals surface area contributed by atoms with Crippen LogP contribution in [0.3, 0.4) is 0 Å². The van der Waals surface area contributed by atoms with Crippen LogP contribution in [0.25, 0.3) is 11.3 Å². The van der Waals surface area contributed by atoms with Gasteiger partial charge in [0.2, 0.25) is 5.91 Å². The van der Waals surface area contributed by atoms with Crippen molar-refractivity contribution in [2.75, 3.05) is 20.1 Å². The zero-order valence-corrected chi connectivity index (χ0v) is 28.4. The van der Waals surface area contributed by atoms with Crippen molar-refractivity contribution < 1.29 is 14.4 Å². The molecule has 2 aliphatic heterocycles. The maximum Gasteiger partial charge on any atom is 0.255 e. The second-order valence-corrected chi connectivity index (χ2v) is 13.3. The third-order valence-electron chi connectivity index (χ3n) is 10.1. The van der Waals surface area contributed by atoms with E-state index in [1.807, 2.05) is 83.9 Å². The Morgan fingerprint density at radius 1 is 0.872 bits per heavy atom. The Morgan fingerprint density at radius 3 is 2.34 bits per heavy atom. The van der Waals surface area contributed by atoms with Crippen LogP contribution in [0.1, 0.15) is 80.9 Å². The molecule has 7 nitrogen and oxygen atoms in total. The van der Waals surface area contributed by atoms with Crippen LogP contribution >= 0.6 is 0 Å². The van der Waals surface area contributed by atoms with Crippen LogP contribution in [0, 0.1) is 6.92 Å². The number of fused-ring (bicyclic) bond motifs is 2. The van der Waals surface area contributed by atoms with E-state index in [0.29, 0.717) is 50.1 Å². The first-order chi connectivity index (χ1) is 22.7. The maximum atomic E-state index is 14.7. The van der Waals surface area contributed by atoms with Gasteiger partial charge in [0, 0.05) is 68.8 Å². The molecule has 47 heavy (non-hydrogen) atoms. The second-order valence-electron chi connectivity index (χ2n) is 13.3. The lowest BCUT2D eigenvalue weighted by Gasteiger charge is -2.36. The van der Waals surface area contributed by atoms with Gasteiger partial charge in [-0.05, 0) is 79.1 Å². The van der Waals surface area contributed by atoms with Gasteiger partial charge in [-0.15, -0.1) is 0 Å². The highest BCUT2D eigenvalue weighted by Gasteiger charge is 2.32. The average molecular weight is 631 g/mol. The molecule has 0 aliphatic carbocycles. The molecule has 0 bridgehead atoms. The normalized spacial score (nSPS) is 15.6. The van der Waals surface area contributed by atoms with Crippen molar-refractivity contribution in [3.05, 3.63) is 117 Å². The summed E-state index contributed by atoms with van der Waals surface area (Å²) in [5.74, 6) is 0.0651. The zero-order valence-electron chi connectivity index (χ0n) is 28.4. The molecule has 0 fully saturated rings. The van der Waals surface area contributed by atoms with Crippen LogP contribution in [0.4, 0.5) is 0 Å². The van der Waals surface area contributed by atoms with Gasteiger partial charge in [0.1, 0.15) is 0 Å². The molecule has 0 spiro atoms. The third-order valence-corrected chi connectivity index (χ3v) is 10.1. The lowest BCUT2D eigenvalue weighted by atomic mass is 9.89. The first-order valence-electron chi connectivity index (χ1n) is 16.9. The van der Waals surface area contributed by atoms with Crippen molar-refractivity contribution in [3.63, 3.8) is 0 Å². The van der Waals surface area contributed by atoms with E-state index in [0.717, 1.165) is 52.9 Å². The molecule has 3 aromatic carbocycles. The van der Waals surface area contributed by atoms with Gasteiger partial charge in [0.15, 0.2) is 0 Å². The number of benzene rings is 3. The number of rotatable bonds is 8. The van der Waals surface area contributed by atoms with Gasteiger partial charge in [-0.2, -0.15) is 0 Å². The van der Waals surface area contributed by atoms with Gasteiger partial charge in [-0.3, -0.25) is 14.4 Å². The fraction of sp³-hybridized carbons (Fsp3) is 0.375. The van der Waals surface area contributed by atoms with Crippen LogP contribution in [-0.2, 0) is 44.2 Å². The Morgan fingerprint density at radius 2 is 1.60 bits per heavy atom. The standard InChI is InChI=1S/C40H46N4O3/c1-6-7-18-41(4)39(46)34-24-37(42(5)28(34)3)35-22-31-17-19-43(38(45)21-29-13-9-8-10-14-29)25-33(31)23-36(35)40(47)44-26-32-16-12-11-15-30(32)20-27(44)2/h8-16,22-24,27H,6-7,17-21,25-26H2,1-5H3/t27-/m1/s1. The van der Waals surface area contributed by atoms with E-state index in [-0.39, 0.29) is 23.8 Å². The Balaban J connectivity index is 1.39. The number of hydrogen-bond donors (Lipinski definition) is 0. The minimum absolute atomic E-state index is 0.00235. The molecule has 3 heterocycles. The number of nitrogens with zero attached hydrogens (tertiary/aromatic N) is 4. The number of carbonyl (C=O) groups is 3. The lowest BCUT2D eigenvalue weighted by molar-refractivity contribution is -0.131. The molecule has 0 unspecified atom stereocenters. The Labute approximate surface area is 278 Å². The number of amides is 3. The maximum absolute atomic E-state index is 14.7. The summed E-state index contributed by atoms with van der Waals surface area (Å²) in [7, 11) is 3.84. The van der Waals surface area contributed by atoms with Gasteiger partial charge in [-0.25, -0.2) is 0 Å². The minimum Gasteiger partial charge on any atom is -0.347 e. The highest BCUT2D eigenvalue weighted by atomic mass is 16.2. The molecule has 0 saturated heterocycles. The SMILES string of the molecule is CCCCN(C)C(=O)c1cc(-c2cc3c(cc2C(=O)N2Cc4ccccc4C[C@H]2C)CN(C(=O)Cc2ccccc2)CC3)n(C)c1C. The van der Waals surface area contributed by atoms with Gasteiger partial charge < -0.3 is 19.3 Å². The summed E-state index contributed by atoms with van der Waals surface area (Å²) in [5, 5.41) is 0. The smallest absolute Gasteiger partial charge is 0.255 e. The molecule has 0 N–H and O–H groups in total. The largest absolute Gasteiger partial charge is 0.347 e. The lowest BCUT2D eigenvalue weighted by Crippen LogP contribution is -2.43. The predicted octanol–water partition coefficient (Wildman–Crippen LogP) is 6.59. The summed E-state index contributed by atoms with van der Waals surface area (Å²) in [4.78, 5) is 47.3. The number of hydrogen-bond acceptors (Lipinski definition) is 3. The quantitative estimate of drug-likeness (QED) is 0.221. The van der Waals surface area contributed by atoms with E-state index >= 15 is 0 Å². The van der Waals surface area contributed by atoms with Gasteiger partial charge >= 0.3 is 0 Å². The predicted molar refractivity (Wildman–Crippen MR) is 186 cm³/mol. The topological polar surface area (TPSA) is 65.9 Å². The molecule has 1 atom stereocenters. The molecule has 0 radical (unpaired) electrons. The zero-order chi connectivity index (χ0) is 33.2. The molecule has 244 valence electrons. The summed E-state index contributed by atoms with van der Waals surface area (Å²) in [6, 6.07) is 24.4. The Hall–Kier alpha value is -4.65. The average Bonchev–Trinajstić information content (AvgIpc) is 3.38. The summed E-state index contributed by atoms with van der Waals surface area (Å²) in [5.41, 5.74) is 9.46. The monoisotopic (exact) mass is 630 g/mol. The van der Waals surface area contributed by atoms with Crippen LogP contribution in [0.2, 0.25) is 0 Å². The highest BCUT2D eigenvalue weighted by molar-refractivity contribution is 6.03. The van der Waals surface area contributed by atoms with E-state index in [9.17, 15) is 14.4 Å². The minimum atomic E-state index is -0.0238. The molecule has 4 aromatic rings. The third kappa shape index (κ3) is 6.49. The molecule has 0 saturated carbocycles. The molecule has 7 heteroatoms. The van der Waals surface area contributed by atoms with Crippen LogP contribution in [0.15, 0.2) is 72.8 Å². The molecule has 1 aromatic heterocycles. The fourth-order valence-corrected chi connectivity index (χ4v) is 7.08. The summed E-state index contributed by atoms with van der Waals surface area (Å²) in [6.07, 6.45) is 3.84.